The number of carboxylic acid groups (broad SMARTS) is 1. The maximum absolute atomic E-state index is 11.1. The van der Waals surface area contributed by atoms with Crippen molar-refractivity contribution in [2.45, 2.75) is 19.4 Å². The summed E-state index contributed by atoms with van der Waals surface area (Å²) in [6.07, 6.45) is 0.333. The van der Waals surface area contributed by atoms with Gasteiger partial charge in [0.15, 0.2) is 0 Å². The SMILES string of the molecule is CC(CC#N)N(C)c1ccc(N)cc1C(=O)O. The van der Waals surface area contributed by atoms with Crippen LogP contribution >= 0.6 is 0 Å². The molecule has 1 rings (SSSR count). The van der Waals surface area contributed by atoms with E-state index < -0.39 is 5.97 Å². The van der Waals surface area contributed by atoms with Crippen LogP contribution in [0.3, 0.4) is 0 Å². The zero-order chi connectivity index (χ0) is 13.0. The van der Waals surface area contributed by atoms with Crippen LogP contribution in [0.15, 0.2) is 18.2 Å². The van der Waals surface area contributed by atoms with E-state index in [1.807, 2.05) is 6.92 Å². The normalized spacial score (nSPS) is 11.6. The molecule has 0 radical (unpaired) electrons. The van der Waals surface area contributed by atoms with Crippen molar-refractivity contribution in [1.29, 1.82) is 5.26 Å². The summed E-state index contributed by atoms with van der Waals surface area (Å²) in [5.41, 5.74) is 6.69. The third kappa shape index (κ3) is 2.88. The predicted octanol–water partition coefficient (Wildman–Crippen LogP) is 1.71. The number of nitriles is 1. The fourth-order valence-corrected chi connectivity index (χ4v) is 1.54. The molecule has 1 unspecified atom stereocenters. The molecule has 0 amide bonds. The Morgan fingerprint density at radius 3 is 2.82 bits per heavy atom. The zero-order valence-corrected chi connectivity index (χ0v) is 9.84. The molecule has 0 heterocycles. The molecule has 0 saturated carbocycles. The summed E-state index contributed by atoms with van der Waals surface area (Å²) in [6, 6.07) is 6.74. The van der Waals surface area contributed by atoms with Gasteiger partial charge in [-0.05, 0) is 25.1 Å². The molecule has 1 aromatic carbocycles. The van der Waals surface area contributed by atoms with E-state index in [-0.39, 0.29) is 11.6 Å². The number of hydrogen-bond donors (Lipinski definition) is 2. The number of nitrogens with two attached hydrogens (primary N) is 1. The lowest BCUT2D eigenvalue weighted by atomic mass is 10.1. The molecule has 0 fully saturated rings. The Morgan fingerprint density at radius 2 is 2.29 bits per heavy atom. The number of aromatic carboxylic acids is 1. The standard InChI is InChI=1S/C12H15N3O2/c1-8(5-6-13)15(2)11-4-3-9(14)7-10(11)12(16)17/h3-4,7-8H,5,14H2,1-2H3,(H,16,17). The largest absolute Gasteiger partial charge is 0.478 e. The minimum atomic E-state index is -1.02. The third-order valence-corrected chi connectivity index (χ3v) is 2.68. The number of nitrogen functional groups attached to an aromatic ring is 1. The zero-order valence-electron chi connectivity index (χ0n) is 9.84. The topological polar surface area (TPSA) is 90.4 Å². The summed E-state index contributed by atoms with van der Waals surface area (Å²) in [4.78, 5) is 12.9. The molecular formula is C12H15N3O2. The molecule has 0 aromatic heterocycles. The van der Waals surface area contributed by atoms with Crippen LogP contribution in [0.25, 0.3) is 0 Å². The lowest BCUT2D eigenvalue weighted by molar-refractivity contribution is 0.0697. The molecule has 0 aliphatic rings. The number of carbonyl (C=O) groups is 1. The van der Waals surface area contributed by atoms with E-state index in [1.165, 1.54) is 6.07 Å². The van der Waals surface area contributed by atoms with Crippen LogP contribution in [0, 0.1) is 11.3 Å². The van der Waals surface area contributed by atoms with Gasteiger partial charge in [-0.3, -0.25) is 0 Å². The van der Waals surface area contributed by atoms with Crippen molar-refractivity contribution in [2.24, 2.45) is 0 Å². The minimum absolute atomic E-state index is 0.0540. The second-order valence-corrected chi connectivity index (χ2v) is 3.90. The first-order chi connectivity index (χ1) is 7.97. The van der Waals surface area contributed by atoms with E-state index in [0.717, 1.165) is 0 Å². The maximum atomic E-state index is 11.1. The molecular weight excluding hydrogens is 218 g/mol. The highest BCUT2D eigenvalue weighted by Gasteiger charge is 2.17. The highest BCUT2D eigenvalue weighted by Crippen LogP contribution is 2.24. The fraction of sp³-hybridized carbons (Fsp3) is 0.333. The Kier molecular flexibility index (Phi) is 3.94. The molecule has 0 aliphatic carbocycles. The highest BCUT2D eigenvalue weighted by atomic mass is 16.4. The van der Waals surface area contributed by atoms with Crippen LogP contribution in [0.4, 0.5) is 11.4 Å². The minimum Gasteiger partial charge on any atom is -0.478 e. The van der Waals surface area contributed by atoms with E-state index >= 15 is 0 Å². The molecule has 5 heteroatoms. The average molecular weight is 233 g/mol. The number of anilines is 2. The summed E-state index contributed by atoms with van der Waals surface area (Å²) in [6.45, 7) is 1.87. The van der Waals surface area contributed by atoms with Crippen LogP contribution in [0.5, 0.6) is 0 Å². The van der Waals surface area contributed by atoms with Gasteiger partial charge < -0.3 is 15.7 Å². The van der Waals surface area contributed by atoms with E-state index in [0.29, 0.717) is 17.8 Å². The Labute approximate surface area is 100 Å². The quantitative estimate of drug-likeness (QED) is 0.772. The Bertz CT molecular complexity index is 465. The van der Waals surface area contributed by atoms with Crippen molar-refractivity contribution < 1.29 is 9.90 Å². The van der Waals surface area contributed by atoms with Crippen LogP contribution < -0.4 is 10.6 Å². The average Bonchev–Trinajstić information content (AvgIpc) is 2.28. The number of rotatable bonds is 4. The second kappa shape index (κ2) is 5.21. The van der Waals surface area contributed by atoms with Gasteiger partial charge in [-0.15, -0.1) is 0 Å². The van der Waals surface area contributed by atoms with Crippen molar-refractivity contribution in [3.63, 3.8) is 0 Å². The lowest BCUT2D eigenvalue weighted by Crippen LogP contribution is -2.29. The van der Waals surface area contributed by atoms with Crippen LogP contribution in [-0.4, -0.2) is 24.2 Å². The monoisotopic (exact) mass is 233 g/mol. The summed E-state index contributed by atoms with van der Waals surface area (Å²) in [5.74, 6) is -1.02. The molecule has 0 saturated heterocycles. The molecule has 0 bridgehead atoms. The van der Waals surface area contributed by atoms with Crippen molar-refractivity contribution >= 4 is 17.3 Å². The van der Waals surface area contributed by atoms with Gasteiger partial charge >= 0.3 is 5.97 Å². The van der Waals surface area contributed by atoms with Gasteiger partial charge in [0, 0.05) is 18.8 Å². The Hall–Kier alpha value is -2.22. The second-order valence-electron chi connectivity index (χ2n) is 3.90. The van der Waals surface area contributed by atoms with Crippen molar-refractivity contribution in [3.05, 3.63) is 23.8 Å². The van der Waals surface area contributed by atoms with Gasteiger partial charge in [-0.2, -0.15) is 5.26 Å². The number of hydrogen-bond acceptors (Lipinski definition) is 4. The number of nitrogens with zero attached hydrogens (tertiary/aromatic N) is 2. The molecule has 0 aliphatic heterocycles. The van der Waals surface area contributed by atoms with Crippen LogP contribution in [-0.2, 0) is 0 Å². The molecule has 3 N–H and O–H groups in total. The molecule has 17 heavy (non-hydrogen) atoms. The molecule has 5 nitrogen and oxygen atoms in total. The molecule has 0 spiro atoms. The number of carboxylic acids is 1. The molecule has 1 aromatic rings. The first-order valence-corrected chi connectivity index (χ1v) is 5.20. The van der Waals surface area contributed by atoms with Gasteiger partial charge in [0.05, 0.1) is 23.7 Å². The smallest absolute Gasteiger partial charge is 0.337 e. The van der Waals surface area contributed by atoms with E-state index in [2.05, 4.69) is 6.07 Å². The lowest BCUT2D eigenvalue weighted by Gasteiger charge is -2.26. The summed E-state index contributed by atoms with van der Waals surface area (Å²) >= 11 is 0. The van der Waals surface area contributed by atoms with Crippen LogP contribution in [0.2, 0.25) is 0 Å². The van der Waals surface area contributed by atoms with E-state index in [1.54, 1.807) is 24.1 Å². The van der Waals surface area contributed by atoms with E-state index in [4.69, 9.17) is 16.1 Å². The number of benzene rings is 1. The highest BCUT2D eigenvalue weighted by molar-refractivity contribution is 5.95. The van der Waals surface area contributed by atoms with E-state index in [9.17, 15) is 4.79 Å². The Balaban J connectivity index is 3.13. The van der Waals surface area contributed by atoms with Gasteiger partial charge in [-0.25, -0.2) is 4.79 Å². The van der Waals surface area contributed by atoms with Crippen molar-refractivity contribution in [3.8, 4) is 6.07 Å². The summed E-state index contributed by atoms with van der Waals surface area (Å²) < 4.78 is 0. The summed E-state index contributed by atoms with van der Waals surface area (Å²) in [7, 11) is 1.76. The summed E-state index contributed by atoms with van der Waals surface area (Å²) in [5, 5.41) is 17.7. The van der Waals surface area contributed by atoms with Gasteiger partial charge in [0.1, 0.15) is 0 Å². The first-order valence-electron chi connectivity index (χ1n) is 5.20. The van der Waals surface area contributed by atoms with Crippen molar-refractivity contribution in [1.82, 2.24) is 0 Å². The maximum Gasteiger partial charge on any atom is 0.337 e. The fourth-order valence-electron chi connectivity index (χ4n) is 1.54. The molecule has 90 valence electrons. The van der Waals surface area contributed by atoms with Gasteiger partial charge in [0.2, 0.25) is 0 Å². The van der Waals surface area contributed by atoms with Gasteiger partial charge in [0.25, 0.3) is 0 Å². The third-order valence-electron chi connectivity index (χ3n) is 2.68. The predicted molar refractivity (Wildman–Crippen MR) is 65.9 cm³/mol. The van der Waals surface area contributed by atoms with Crippen LogP contribution in [0.1, 0.15) is 23.7 Å². The Morgan fingerprint density at radius 1 is 1.65 bits per heavy atom. The first kappa shape index (κ1) is 12.8. The van der Waals surface area contributed by atoms with Crippen molar-refractivity contribution in [2.75, 3.05) is 17.7 Å². The van der Waals surface area contributed by atoms with Gasteiger partial charge in [-0.1, -0.05) is 0 Å². The molecule has 1 atom stereocenters.